The quantitative estimate of drug-likeness (QED) is 0.478. The van der Waals surface area contributed by atoms with Crippen LogP contribution in [-0.2, 0) is 6.18 Å². The van der Waals surface area contributed by atoms with Crippen molar-refractivity contribution >= 4 is 22.5 Å². The smallest absolute Gasteiger partial charge is 0.261 e. The second-order valence-electron chi connectivity index (χ2n) is 5.75. The van der Waals surface area contributed by atoms with E-state index in [1.165, 1.54) is 10.7 Å². The van der Waals surface area contributed by atoms with Crippen LogP contribution in [0.25, 0.3) is 28.1 Å². The normalized spacial score (nSPS) is 11.9. The van der Waals surface area contributed by atoms with Crippen molar-refractivity contribution in [3.63, 3.8) is 0 Å². The van der Waals surface area contributed by atoms with Gasteiger partial charge in [0.25, 0.3) is 0 Å². The summed E-state index contributed by atoms with van der Waals surface area (Å²) in [5.41, 5.74) is 1.53. The summed E-state index contributed by atoms with van der Waals surface area (Å²) in [6.45, 7) is 1.82. The molecule has 0 bridgehead atoms. The van der Waals surface area contributed by atoms with Gasteiger partial charge in [0.1, 0.15) is 10.8 Å². The third kappa shape index (κ3) is 3.33. The number of nitrogens with zero attached hydrogens (tertiary/aromatic N) is 6. The molecule has 0 N–H and O–H groups in total. The molecular weight excluding hydrogens is 381 g/mol. The summed E-state index contributed by atoms with van der Waals surface area (Å²) in [6, 6.07) is 3.81. The molecule has 0 aliphatic heterocycles. The molecule has 0 saturated carbocycles. The van der Waals surface area contributed by atoms with Gasteiger partial charge in [0, 0.05) is 24.0 Å². The maximum atomic E-state index is 12.8. The van der Waals surface area contributed by atoms with Gasteiger partial charge in [0.2, 0.25) is 0 Å². The van der Waals surface area contributed by atoms with Crippen LogP contribution in [0.2, 0.25) is 5.15 Å². The average Bonchev–Trinajstić information content (AvgIpc) is 3.03. The van der Waals surface area contributed by atoms with Crippen molar-refractivity contribution in [2.75, 3.05) is 0 Å². The summed E-state index contributed by atoms with van der Waals surface area (Å²) < 4.78 is 39.8. The summed E-state index contributed by atoms with van der Waals surface area (Å²) in [5.74, 6) is 0.168. The Bertz CT molecular complexity index is 1160. The number of hydrogen-bond acceptors (Lipinski definition) is 5. The monoisotopic (exact) mass is 390 g/mol. The van der Waals surface area contributed by atoms with Crippen LogP contribution >= 0.6 is 11.6 Å². The molecule has 10 heteroatoms. The maximum Gasteiger partial charge on any atom is 0.419 e. The topological polar surface area (TPSA) is 69.4 Å². The molecule has 0 aliphatic rings. The lowest BCUT2D eigenvalue weighted by Gasteiger charge is -2.09. The highest BCUT2D eigenvalue weighted by Gasteiger charge is 2.34. The van der Waals surface area contributed by atoms with Crippen LogP contribution < -0.4 is 0 Å². The second-order valence-corrected chi connectivity index (χ2v) is 6.11. The van der Waals surface area contributed by atoms with Gasteiger partial charge in [-0.25, -0.2) is 14.6 Å². The summed E-state index contributed by atoms with van der Waals surface area (Å²) >= 11 is 5.68. The number of rotatable bonds is 2. The van der Waals surface area contributed by atoms with Gasteiger partial charge in [0.05, 0.1) is 28.7 Å². The van der Waals surface area contributed by atoms with Gasteiger partial charge in [-0.15, -0.1) is 0 Å². The van der Waals surface area contributed by atoms with Crippen molar-refractivity contribution in [2.24, 2.45) is 0 Å². The first kappa shape index (κ1) is 17.3. The molecule has 0 atom stereocenters. The molecule has 27 heavy (non-hydrogen) atoms. The number of alkyl halides is 3. The molecule has 0 aliphatic carbocycles. The van der Waals surface area contributed by atoms with Gasteiger partial charge >= 0.3 is 6.18 Å². The minimum Gasteiger partial charge on any atom is -0.261 e. The Morgan fingerprint density at radius 3 is 2.56 bits per heavy atom. The average molecular weight is 391 g/mol. The number of hydrogen-bond donors (Lipinski definition) is 0. The van der Waals surface area contributed by atoms with E-state index in [0.29, 0.717) is 22.3 Å². The minimum atomic E-state index is -4.56. The van der Waals surface area contributed by atoms with Gasteiger partial charge < -0.3 is 0 Å². The highest BCUT2D eigenvalue weighted by Crippen LogP contribution is 2.34. The fourth-order valence-electron chi connectivity index (χ4n) is 2.53. The molecule has 0 aromatic carbocycles. The zero-order valence-electron chi connectivity index (χ0n) is 13.7. The van der Waals surface area contributed by atoms with Gasteiger partial charge in [-0.2, -0.15) is 18.3 Å². The Labute approximate surface area is 155 Å². The predicted octanol–water partition coefficient (Wildman–Crippen LogP) is 4.25. The summed E-state index contributed by atoms with van der Waals surface area (Å²) in [4.78, 5) is 16.6. The number of fused-ring (bicyclic) bond motifs is 1. The van der Waals surface area contributed by atoms with E-state index in [1.807, 2.05) is 6.92 Å². The van der Waals surface area contributed by atoms with Crippen LogP contribution in [0.15, 0.2) is 43.0 Å². The van der Waals surface area contributed by atoms with Gasteiger partial charge in [-0.1, -0.05) is 11.6 Å². The second kappa shape index (κ2) is 6.27. The van der Waals surface area contributed by atoms with Crippen molar-refractivity contribution in [2.45, 2.75) is 13.1 Å². The Morgan fingerprint density at radius 2 is 1.85 bits per heavy atom. The van der Waals surface area contributed by atoms with Crippen LogP contribution in [0.3, 0.4) is 0 Å². The fraction of sp³-hybridized carbons (Fsp3) is 0.118. The largest absolute Gasteiger partial charge is 0.419 e. The van der Waals surface area contributed by atoms with Crippen LogP contribution in [0, 0.1) is 6.92 Å². The van der Waals surface area contributed by atoms with Gasteiger partial charge in [0.15, 0.2) is 5.82 Å². The van der Waals surface area contributed by atoms with Gasteiger partial charge in [-0.05, 0) is 25.1 Å². The van der Waals surface area contributed by atoms with E-state index in [4.69, 9.17) is 11.6 Å². The molecule has 0 unspecified atom stereocenters. The molecule has 136 valence electrons. The number of aryl methyl sites for hydroxylation is 1. The van der Waals surface area contributed by atoms with Crippen molar-refractivity contribution in [3.8, 4) is 17.2 Å². The molecular formula is C17H10ClF3N6. The first-order valence-electron chi connectivity index (χ1n) is 7.70. The zero-order chi connectivity index (χ0) is 19.2. The summed E-state index contributed by atoms with van der Waals surface area (Å²) in [7, 11) is 0. The molecule has 4 aromatic rings. The molecule has 6 nitrogen and oxygen atoms in total. The van der Waals surface area contributed by atoms with Gasteiger partial charge in [-0.3, -0.25) is 9.97 Å². The van der Waals surface area contributed by atoms with Crippen molar-refractivity contribution in [3.05, 3.63) is 59.4 Å². The first-order valence-corrected chi connectivity index (χ1v) is 8.07. The van der Waals surface area contributed by atoms with E-state index >= 15 is 0 Å². The van der Waals surface area contributed by atoms with Crippen LogP contribution in [-0.4, -0.2) is 29.7 Å². The molecule has 0 spiro atoms. The Hall–Kier alpha value is -3.07. The van der Waals surface area contributed by atoms with E-state index in [0.717, 1.165) is 11.8 Å². The molecule has 0 radical (unpaired) electrons. The van der Waals surface area contributed by atoms with E-state index in [9.17, 15) is 13.2 Å². The lowest BCUT2D eigenvalue weighted by Crippen LogP contribution is -2.08. The minimum absolute atomic E-state index is 0.168. The van der Waals surface area contributed by atoms with Crippen LogP contribution in [0.1, 0.15) is 11.3 Å². The Kier molecular flexibility index (Phi) is 4.03. The maximum absolute atomic E-state index is 12.8. The van der Waals surface area contributed by atoms with Crippen LogP contribution in [0.5, 0.6) is 0 Å². The molecule has 4 heterocycles. The lowest BCUT2D eigenvalue weighted by molar-refractivity contribution is -0.137. The standard InChI is InChI=1S/C17H10ClF3N6/c1-9-5-22-7-14(24-9)13-4-12-10(6-23-13)8-27(26-12)15-3-2-11(16(18)25-15)17(19,20)21/h2-8H,1H3. The summed E-state index contributed by atoms with van der Waals surface area (Å²) in [5, 5.41) is 4.41. The van der Waals surface area contributed by atoms with E-state index in [1.54, 1.807) is 30.9 Å². The Morgan fingerprint density at radius 1 is 1.04 bits per heavy atom. The number of aromatic nitrogens is 6. The summed E-state index contributed by atoms with van der Waals surface area (Å²) in [6.07, 6.45) is 1.88. The molecule has 0 amide bonds. The third-order valence-corrected chi connectivity index (χ3v) is 4.07. The number of halogens is 4. The van der Waals surface area contributed by atoms with E-state index in [2.05, 4.69) is 25.0 Å². The van der Waals surface area contributed by atoms with Crippen molar-refractivity contribution in [1.82, 2.24) is 29.7 Å². The first-order chi connectivity index (χ1) is 12.8. The Balaban J connectivity index is 1.75. The fourth-order valence-corrected chi connectivity index (χ4v) is 2.78. The van der Waals surface area contributed by atoms with E-state index in [-0.39, 0.29) is 5.82 Å². The highest BCUT2D eigenvalue weighted by molar-refractivity contribution is 6.30. The van der Waals surface area contributed by atoms with Crippen molar-refractivity contribution < 1.29 is 13.2 Å². The van der Waals surface area contributed by atoms with Crippen molar-refractivity contribution in [1.29, 1.82) is 0 Å². The lowest BCUT2D eigenvalue weighted by atomic mass is 10.2. The zero-order valence-corrected chi connectivity index (χ0v) is 14.5. The third-order valence-electron chi connectivity index (χ3n) is 3.78. The van der Waals surface area contributed by atoms with E-state index < -0.39 is 16.9 Å². The highest BCUT2D eigenvalue weighted by atomic mass is 35.5. The predicted molar refractivity (Wildman–Crippen MR) is 92.4 cm³/mol. The number of pyridine rings is 2. The molecule has 0 saturated heterocycles. The molecule has 4 rings (SSSR count). The molecule has 0 fully saturated rings. The molecule has 4 aromatic heterocycles. The SMILES string of the molecule is Cc1cncc(-c2cc3nn(-c4ccc(C(F)(F)F)c(Cl)n4)cc3cn2)n1. The van der Waals surface area contributed by atoms with Crippen LogP contribution in [0.4, 0.5) is 13.2 Å².